The van der Waals surface area contributed by atoms with Crippen molar-refractivity contribution >= 4 is 25.8 Å². The van der Waals surface area contributed by atoms with Crippen molar-refractivity contribution in [2.45, 2.75) is 4.90 Å². The number of nitriles is 1. The summed E-state index contributed by atoms with van der Waals surface area (Å²) in [6.45, 7) is 0. The maximum Gasteiger partial charge on any atom is 0.191 e. The lowest BCUT2D eigenvalue weighted by Gasteiger charge is -2.05. The van der Waals surface area contributed by atoms with E-state index >= 15 is 0 Å². The van der Waals surface area contributed by atoms with Crippen LogP contribution in [0.5, 0.6) is 5.75 Å². The second-order valence-electron chi connectivity index (χ2n) is 2.71. The smallest absolute Gasteiger partial charge is 0.191 e. The molecule has 1 aromatic carbocycles. The second kappa shape index (κ2) is 4.64. The first-order valence-electron chi connectivity index (χ1n) is 3.94. The highest BCUT2D eigenvalue weighted by Gasteiger charge is 2.15. The highest BCUT2D eigenvalue weighted by molar-refractivity contribution is 9.10. The van der Waals surface area contributed by atoms with Crippen molar-refractivity contribution in [2.24, 2.45) is 0 Å². The molecule has 0 aliphatic rings. The van der Waals surface area contributed by atoms with Crippen molar-refractivity contribution < 1.29 is 13.2 Å². The van der Waals surface area contributed by atoms with Crippen LogP contribution in [0.2, 0.25) is 0 Å². The Morgan fingerprint density at radius 2 is 2.20 bits per heavy atom. The first-order chi connectivity index (χ1) is 7.01. The van der Waals surface area contributed by atoms with E-state index in [1.807, 2.05) is 0 Å². The molecule has 0 fully saturated rings. The van der Waals surface area contributed by atoms with Crippen LogP contribution in [-0.2, 0) is 9.84 Å². The van der Waals surface area contributed by atoms with E-state index in [0.717, 1.165) is 0 Å². The van der Waals surface area contributed by atoms with Crippen LogP contribution < -0.4 is 4.74 Å². The van der Waals surface area contributed by atoms with E-state index in [1.165, 1.54) is 25.3 Å². The SMILES string of the molecule is COc1ccc(S(=O)(=O)CC#N)cc1Br. The van der Waals surface area contributed by atoms with Gasteiger partial charge >= 0.3 is 0 Å². The predicted octanol–water partition coefficient (Wildman–Crippen LogP) is 1.75. The fraction of sp³-hybridized carbons (Fsp3) is 0.222. The minimum atomic E-state index is -3.50. The van der Waals surface area contributed by atoms with Crippen LogP contribution in [0, 0.1) is 11.3 Å². The summed E-state index contributed by atoms with van der Waals surface area (Å²) in [5, 5.41) is 8.37. The third-order valence-electron chi connectivity index (χ3n) is 1.74. The molecular weight excluding hydrogens is 282 g/mol. The van der Waals surface area contributed by atoms with Gasteiger partial charge in [-0.25, -0.2) is 8.42 Å². The summed E-state index contributed by atoms with van der Waals surface area (Å²) in [4.78, 5) is 0.108. The Balaban J connectivity index is 3.20. The fourth-order valence-corrected chi connectivity index (χ4v) is 2.61. The summed E-state index contributed by atoms with van der Waals surface area (Å²) in [6, 6.07) is 5.99. The summed E-state index contributed by atoms with van der Waals surface area (Å²) in [5.41, 5.74) is 0. The molecule has 0 bridgehead atoms. The number of nitrogens with zero attached hydrogens (tertiary/aromatic N) is 1. The number of methoxy groups -OCH3 is 1. The first kappa shape index (κ1) is 12.0. The molecule has 0 amide bonds. The van der Waals surface area contributed by atoms with Gasteiger partial charge in [0.05, 0.1) is 22.5 Å². The molecule has 4 nitrogen and oxygen atoms in total. The van der Waals surface area contributed by atoms with Crippen LogP contribution in [0.25, 0.3) is 0 Å². The molecule has 0 saturated carbocycles. The molecule has 0 saturated heterocycles. The van der Waals surface area contributed by atoms with E-state index in [-0.39, 0.29) is 4.90 Å². The normalized spacial score (nSPS) is 10.7. The van der Waals surface area contributed by atoms with Gasteiger partial charge in [0, 0.05) is 0 Å². The number of hydrogen-bond donors (Lipinski definition) is 0. The number of hydrogen-bond acceptors (Lipinski definition) is 4. The molecule has 0 atom stereocenters. The van der Waals surface area contributed by atoms with Gasteiger partial charge in [0.1, 0.15) is 11.5 Å². The van der Waals surface area contributed by atoms with Gasteiger partial charge in [-0.2, -0.15) is 5.26 Å². The first-order valence-corrected chi connectivity index (χ1v) is 6.39. The monoisotopic (exact) mass is 289 g/mol. The number of rotatable bonds is 3. The zero-order chi connectivity index (χ0) is 11.5. The quantitative estimate of drug-likeness (QED) is 0.850. The van der Waals surface area contributed by atoms with Crippen molar-refractivity contribution in [3.8, 4) is 11.8 Å². The van der Waals surface area contributed by atoms with Crippen LogP contribution in [0.1, 0.15) is 0 Å². The Morgan fingerprint density at radius 3 is 2.67 bits per heavy atom. The Labute approximate surface area is 96.5 Å². The largest absolute Gasteiger partial charge is 0.496 e. The molecule has 0 aromatic heterocycles. The Morgan fingerprint density at radius 1 is 1.53 bits per heavy atom. The van der Waals surface area contributed by atoms with Gasteiger partial charge in [0.15, 0.2) is 9.84 Å². The van der Waals surface area contributed by atoms with Gasteiger partial charge < -0.3 is 4.74 Å². The lowest BCUT2D eigenvalue weighted by molar-refractivity contribution is 0.411. The van der Waals surface area contributed by atoms with Crippen molar-refractivity contribution in [2.75, 3.05) is 12.9 Å². The number of halogens is 1. The standard InChI is InChI=1S/C9H8BrNO3S/c1-14-9-3-2-7(6-8(9)10)15(12,13)5-4-11/h2-3,6H,5H2,1H3. The predicted molar refractivity (Wildman–Crippen MR) is 58.4 cm³/mol. The van der Waals surface area contributed by atoms with E-state index in [4.69, 9.17) is 10.00 Å². The third kappa shape index (κ3) is 2.70. The molecule has 6 heteroatoms. The maximum atomic E-state index is 11.5. The zero-order valence-corrected chi connectivity index (χ0v) is 10.3. The van der Waals surface area contributed by atoms with E-state index in [0.29, 0.717) is 10.2 Å². The molecule has 0 spiro atoms. The Kier molecular flexibility index (Phi) is 3.72. The maximum absolute atomic E-state index is 11.5. The van der Waals surface area contributed by atoms with Gasteiger partial charge in [-0.1, -0.05) is 0 Å². The van der Waals surface area contributed by atoms with Gasteiger partial charge in [-0.05, 0) is 34.1 Å². The van der Waals surface area contributed by atoms with E-state index in [9.17, 15) is 8.42 Å². The highest BCUT2D eigenvalue weighted by Crippen LogP contribution is 2.27. The van der Waals surface area contributed by atoms with E-state index in [1.54, 1.807) is 6.07 Å². The molecule has 15 heavy (non-hydrogen) atoms. The minimum absolute atomic E-state index is 0.108. The van der Waals surface area contributed by atoms with Crippen molar-refractivity contribution in [3.63, 3.8) is 0 Å². The van der Waals surface area contributed by atoms with Crippen LogP contribution in [0.15, 0.2) is 27.6 Å². The fourth-order valence-electron chi connectivity index (χ4n) is 1.01. The number of sulfone groups is 1. The van der Waals surface area contributed by atoms with Gasteiger partial charge in [-0.15, -0.1) is 0 Å². The molecule has 80 valence electrons. The highest BCUT2D eigenvalue weighted by atomic mass is 79.9. The molecule has 0 radical (unpaired) electrons. The molecule has 0 aliphatic carbocycles. The molecule has 1 aromatic rings. The molecule has 0 unspecified atom stereocenters. The average Bonchev–Trinajstić information content (AvgIpc) is 2.17. The second-order valence-corrected chi connectivity index (χ2v) is 5.56. The topological polar surface area (TPSA) is 67.2 Å². The van der Waals surface area contributed by atoms with Crippen LogP contribution >= 0.6 is 15.9 Å². The molecule has 0 aliphatic heterocycles. The average molecular weight is 290 g/mol. The van der Waals surface area contributed by atoms with Gasteiger partial charge in [0.2, 0.25) is 0 Å². The molecule has 0 N–H and O–H groups in total. The van der Waals surface area contributed by atoms with Gasteiger partial charge in [-0.3, -0.25) is 0 Å². The van der Waals surface area contributed by atoms with Crippen molar-refractivity contribution in [1.29, 1.82) is 5.26 Å². The molecule has 0 heterocycles. The van der Waals surface area contributed by atoms with Crippen LogP contribution in [-0.4, -0.2) is 21.3 Å². The van der Waals surface area contributed by atoms with E-state index in [2.05, 4.69) is 15.9 Å². The number of ether oxygens (including phenoxy) is 1. The lowest BCUT2D eigenvalue weighted by atomic mass is 10.3. The summed E-state index contributed by atoms with van der Waals surface area (Å²) in [7, 11) is -2.01. The minimum Gasteiger partial charge on any atom is -0.496 e. The molecular formula is C9H8BrNO3S. The van der Waals surface area contributed by atoms with Crippen molar-refractivity contribution in [1.82, 2.24) is 0 Å². The van der Waals surface area contributed by atoms with Crippen LogP contribution in [0.4, 0.5) is 0 Å². The van der Waals surface area contributed by atoms with Crippen LogP contribution in [0.3, 0.4) is 0 Å². The van der Waals surface area contributed by atoms with Gasteiger partial charge in [0.25, 0.3) is 0 Å². The summed E-state index contributed by atoms with van der Waals surface area (Å²) in [5.74, 6) is 0.0251. The summed E-state index contributed by atoms with van der Waals surface area (Å²) >= 11 is 3.18. The lowest BCUT2D eigenvalue weighted by Crippen LogP contribution is -2.04. The molecule has 1 rings (SSSR count). The zero-order valence-electron chi connectivity index (χ0n) is 7.90. The Hall–Kier alpha value is -1.06. The summed E-state index contributed by atoms with van der Waals surface area (Å²) in [6.07, 6.45) is 0. The number of benzene rings is 1. The van der Waals surface area contributed by atoms with E-state index < -0.39 is 15.6 Å². The summed E-state index contributed by atoms with van der Waals surface area (Å²) < 4.78 is 28.5. The van der Waals surface area contributed by atoms with Crippen molar-refractivity contribution in [3.05, 3.63) is 22.7 Å². The Bertz CT molecular complexity index is 505. The third-order valence-corrected chi connectivity index (χ3v) is 3.84.